The van der Waals surface area contributed by atoms with Gasteiger partial charge in [-0.05, 0) is 41.3 Å². The molecule has 0 amide bonds. The van der Waals surface area contributed by atoms with Gasteiger partial charge in [0.25, 0.3) is 0 Å². The van der Waals surface area contributed by atoms with Crippen LogP contribution in [-0.2, 0) is 5.75 Å². The molecule has 0 aliphatic heterocycles. The lowest BCUT2D eigenvalue weighted by molar-refractivity contribution is 0.425. The second kappa shape index (κ2) is 7.04. The Bertz CT molecular complexity index is 358. The summed E-state index contributed by atoms with van der Waals surface area (Å²) >= 11 is 1.73. The molecule has 17 heavy (non-hydrogen) atoms. The summed E-state index contributed by atoms with van der Waals surface area (Å²) in [6.07, 6.45) is 1.13. The zero-order chi connectivity index (χ0) is 12.8. The van der Waals surface area contributed by atoms with Gasteiger partial charge in [-0.15, -0.1) is 0 Å². The molecule has 0 saturated carbocycles. The van der Waals surface area contributed by atoms with E-state index in [9.17, 15) is 4.39 Å². The molecule has 0 bridgehead atoms. The van der Waals surface area contributed by atoms with Crippen LogP contribution in [-0.4, -0.2) is 22.9 Å². The Morgan fingerprint density at radius 1 is 1.29 bits per heavy atom. The summed E-state index contributed by atoms with van der Waals surface area (Å²) in [7, 11) is -1.61. The Kier molecular flexibility index (Phi) is 6.02. The number of benzene rings is 1. The lowest BCUT2D eigenvalue weighted by atomic mass is 9.79. The molecule has 0 aromatic heterocycles. The van der Waals surface area contributed by atoms with Crippen molar-refractivity contribution in [3.63, 3.8) is 0 Å². The highest BCUT2D eigenvalue weighted by atomic mass is 32.2. The average molecular weight is 256 g/mol. The summed E-state index contributed by atoms with van der Waals surface area (Å²) in [5.74, 6) is 1.98. The first-order valence-corrected chi connectivity index (χ1v) is 6.87. The number of hydrogen-bond donors (Lipinski definition) is 2. The molecule has 94 valence electrons. The van der Waals surface area contributed by atoms with Gasteiger partial charge in [0, 0.05) is 5.75 Å². The first-order valence-electron chi connectivity index (χ1n) is 5.72. The van der Waals surface area contributed by atoms with E-state index in [1.807, 2.05) is 0 Å². The molecule has 2 nitrogen and oxygen atoms in total. The maximum absolute atomic E-state index is 13.2. The minimum Gasteiger partial charge on any atom is -0.423 e. The predicted octanol–water partition coefficient (Wildman–Crippen LogP) is 1.78. The highest BCUT2D eigenvalue weighted by Gasteiger charge is 2.13. The van der Waals surface area contributed by atoms with Gasteiger partial charge in [-0.1, -0.05) is 19.9 Å². The molecule has 0 aliphatic carbocycles. The predicted molar refractivity (Wildman–Crippen MR) is 71.8 cm³/mol. The van der Waals surface area contributed by atoms with Gasteiger partial charge in [-0.2, -0.15) is 11.8 Å². The van der Waals surface area contributed by atoms with E-state index in [-0.39, 0.29) is 5.46 Å². The molecule has 0 fully saturated rings. The zero-order valence-corrected chi connectivity index (χ0v) is 11.0. The van der Waals surface area contributed by atoms with Crippen molar-refractivity contribution in [1.82, 2.24) is 0 Å². The minimum atomic E-state index is -1.61. The van der Waals surface area contributed by atoms with Crippen LogP contribution in [0.25, 0.3) is 0 Å². The molecule has 0 saturated heterocycles. The van der Waals surface area contributed by atoms with Crippen molar-refractivity contribution in [2.45, 2.75) is 26.0 Å². The molecule has 1 rings (SSSR count). The lowest BCUT2D eigenvalue weighted by Crippen LogP contribution is -2.30. The SMILES string of the molecule is CC(C)CCSCc1cc(F)cc(B(O)O)c1. The van der Waals surface area contributed by atoms with Crippen LogP contribution in [0.1, 0.15) is 25.8 Å². The van der Waals surface area contributed by atoms with Crippen LogP contribution in [0.2, 0.25) is 0 Å². The third-order valence-electron chi connectivity index (χ3n) is 2.39. The van der Waals surface area contributed by atoms with Gasteiger partial charge >= 0.3 is 7.12 Å². The minimum absolute atomic E-state index is 0.212. The average Bonchev–Trinajstić information content (AvgIpc) is 2.23. The third kappa shape index (κ3) is 5.57. The summed E-state index contributed by atoms with van der Waals surface area (Å²) < 4.78 is 13.2. The Labute approximate surface area is 106 Å². The maximum atomic E-state index is 13.2. The summed E-state index contributed by atoms with van der Waals surface area (Å²) in [5.41, 5.74) is 1.01. The van der Waals surface area contributed by atoms with Crippen molar-refractivity contribution in [2.75, 3.05) is 5.75 Å². The van der Waals surface area contributed by atoms with Gasteiger partial charge in [0.1, 0.15) is 5.82 Å². The smallest absolute Gasteiger partial charge is 0.423 e. The fourth-order valence-corrected chi connectivity index (χ4v) is 2.60. The van der Waals surface area contributed by atoms with Crippen LogP contribution < -0.4 is 5.46 Å². The van der Waals surface area contributed by atoms with Gasteiger partial charge in [0.05, 0.1) is 0 Å². The van der Waals surface area contributed by atoms with Gasteiger partial charge in [0.15, 0.2) is 0 Å². The van der Waals surface area contributed by atoms with Crippen molar-refractivity contribution in [3.8, 4) is 0 Å². The highest BCUT2D eigenvalue weighted by molar-refractivity contribution is 7.98. The van der Waals surface area contributed by atoms with E-state index in [4.69, 9.17) is 10.0 Å². The second-order valence-electron chi connectivity index (χ2n) is 4.50. The summed E-state index contributed by atoms with van der Waals surface area (Å²) in [5, 5.41) is 18.0. The molecule has 0 radical (unpaired) electrons. The third-order valence-corrected chi connectivity index (χ3v) is 3.45. The molecular weight excluding hydrogens is 238 g/mol. The Hall–Kier alpha value is -0.515. The monoisotopic (exact) mass is 256 g/mol. The van der Waals surface area contributed by atoms with Crippen molar-refractivity contribution in [2.24, 2.45) is 5.92 Å². The zero-order valence-electron chi connectivity index (χ0n) is 10.2. The number of hydrogen-bond acceptors (Lipinski definition) is 3. The van der Waals surface area contributed by atoms with Crippen molar-refractivity contribution in [3.05, 3.63) is 29.6 Å². The number of halogens is 1. The summed E-state index contributed by atoms with van der Waals surface area (Å²) in [4.78, 5) is 0. The summed E-state index contributed by atoms with van der Waals surface area (Å²) in [6.45, 7) is 4.34. The molecule has 1 aromatic carbocycles. The fraction of sp³-hybridized carbons (Fsp3) is 0.500. The van der Waals surface area contributed by atoms with Gasteiger partial charge in [0.2, 0.25) is 0 Å². The van der Waals surface area contributed by atoms with Crippen LogP contribution in [0.4, 0.5) is 4.39 Å². The maximum Gasteiger partial charge on any atom is 0.488 e. The van der Waals surface area contributed by atoms with Gasteiger partial charge in [-0.25, -0.2) is 4.39 Å². The lowest BCUT2D eigenvalue weighted by Gasteiger charge is -2.07. The van der Waals surface area contributed by atoms with Crippen molar-refractivity contribution >= 4 is 24.3 Å². The molecule has 0 spiro atoms. The van der Waals surface area contributed by atoms with Crippen LogP contribution >= 0.6 is 11.8 Å². The standard InChI is InChI=1S/C12H18BFO2S/c1-9(2)3-4-17-8-10-5-11(13(15)16)7-12(14)6-10/h5-7,9,15-16H,3-4,8H2,1-2H3. The first-order chi connectivity index (χ1) is 7.99. The van der Waals surface area contributed by atoms with E-state index >= 15 is 0 Å². The largest absolute Gasteiger partial charge is 0.488 e. The fourth-order valence-electron chi connectivity index (χ4n) is 1.42. The van der Waals surface area contributed by atoms with Crippen molar-refractivity contribution in [1.29, 1.82) is 0 Å². The van der Waals surface area contributed by atoms with E-state index in [1.54, 1.807) is 17.8 Å². The molecule has 0 unspecified atom stereocenters. The highest BCUT2D eigenvalue weighted by Crippen LogP contribution is 2.15. The molecule has 5 heteroatoms. The van der Waals surface area contributed by atoms with E-state index in [1.165, 1.54) is 6.07 Å². The van der Waals surface area contributed by atoms with Crippen LogP contribution in [0, 0.1) is 11.7 Å². The van der Waals surface area contributed by atoms with Crippen LogP contribution in [0.15, 0.2) is 18.2 Å². The molecule has 2 N–H and O–H groups in total. The van der Waals surface area contributed by atoms with E-state index < -0.39 is 12.9 Å². The molecule has 0 heterocycles. The Morgan fingerprint density at radius 3 is 2.59 bits per heavy atom. The Balaban J connectivity index is 2.53. The number of thioether (sulfide) groups is 1. The van der Waals surface area contributed by atoms with Crippen molar-refractivity contribution < 1.29 is 14.4 Å². The molecule has 1 aromatic rings. The quantitative estimate of drug-likeness (QED) is 0.602. The normalized spacial score (nSPS) is 10.9. The molecule has 0 atom stereocenters. The van der Waals surface area contributed by atoms with Gasteiger partial charge < -0.3 is 10.0 Å². The number of rotatable bonds is 6. The van der Waals surface area contributed by atoms with Gasteiger partial charge in [-0.3, -0.25) is 0 Å². The summed E-state index contributed by atoms with van der Waals surface area (Å²) in [6, 6.07) is 4.22. The van der Waals surface area contributed by atoms with Crippen LogP contribution in [0.3, 0.4) is 0 Å². The topological polar surface area (TPSA) is 40.5 Å². The first kappa shape index (κ1) is 14.5. The molecular formula is C12H18BFO2S. The van der Waals surface area contributed by atoms with Crippen LogP contribution in [0.5, 0.6) is 0 Å². The van der Waals surface area contributed by atoms with E-state index in [0.29, 0.717) is 11.7 Å². The van der Waals surface area contributed by atoms with E-state index in [0.717, 1.165) is 23.8 Å². The molecule has 0 aliphatic rings. The Morgan fingerprint density at radius 2 is 2.00 bits per heavy atom. The second-order valence-corrected chi connectivity index (χ2v) is 5.61. The van der Waals surface area contributed by atoms with E-state index in [2.05, 4.69) is 13.8 Å².